The van der Waals surface area contributed by atoms with Gasteiger partial charge in [-0.05, 0) is 49.9 Å². The molecular formula is C23H25N7O2. The molecule has 0 saturated heterocycles. The predicted molar refractivity (Wildman–Crippen MR) is 121 cm³/mol. The van der Waals surface area contributed by atoms with E-state index in [-0.39, 0.29) is 5.91 Å². The summed E-state index contributed by atoms with van der Waals surface area (Å²) in [6, 6.07) is 11.8. The summed E-state index contributed by atoms with van der Waals surface area (Å²) in [7, 11) is 0. The number of hydrogen-bond acceptors (Lipinski definition) is 7. The molecular weight excluding hydrogens is 406 g/mol. The Hall–Kier alpha value is -3.72. The zero-order valence-electron chi connectivity index (χ0n) is 17.8. The van der Waals surface area contributed by atoms with Crippen molar-refractivity contribution in [2.24, 2.45) is 5.73 Å². The lowest BCUT2D eigenvalue weighted by Gasteiger charge is -2.27. The van der Waals surface area contributed by atoms with Gasteiger partial charge in [0.1, 0.15) is 17.8 Å². The van der Waals surface area contributed by atoms with E-state index >= 15 is 0 Å². The number of oxazole rings is 1. The Morgan fingerprint density at radius 1 is 1.19 bits per heavy atom. The summed E-state index contributed by atoms with van der Waals surface area (Å²) >= 11 is 0. The average molecular weight is 432 g/mol. The molecule has 1 aliphatic carbocycles. The molecule has 32 heavy (non-hydrogen) atoms. The molecule has 3 heterocycles. The van der Waals surface area contributed by atoms with Gasteiger partial charge in [-0.1, -0.05) is 12.1 Å². The number of nitrogens with two attached hydrogens (primary N) is 1. The fourth-order valence-electron chi connectivity index (χ4n) is 4.03. The smallest absolute Gasteiger partial charge is 0.276 e. The molecule has 164 valence electrons. The highest BCUT2D eigenvalue weighted by atomic mass is 16.3. The van der Waals surface area contributed by atoms with Crippen LogP contribution in [0, 0.1) is 6.92 Å². The third kappa shape index (κ3) is 4.19. The lowest BCUT2D eigenvalue weighted by atomic mass is 9.92. The molecule has 9 heteroatoms. The van der Waals surface area contributed by atoms with Crippen LogP contribution in [-0.2, 0) is 0 Å². The van der Waals surface area contributed by atoms with Gasteiger partial charge in [-0.2, -0.15) is 0 Å². The highest BCUT2D eigenvalue weighted by Gasteiger charge is 2.20. The molecule has 5 rings (SSSR count). The molecule has 0 radical (unpaired) electrons. The topological polar surface area (TPSA) is 123 Å². The van der Waals surface area contributed by atoms with Crippen LogP contribution in [0.3, 0.4) is 0 Å². The molecule has 0 atom stereocenters. The van der Waals surface area contributed by atoms with E-state index in [0.717, 1.165) is 36.9 Å². The Kier molecular flexibility index (Phi) is 5.32. The maximum atomic E-state index is 13.0. The van der Waals surface area contributed by atoms with Gasteiger partial charge in [-0.15, -0.1) is 5.10 Å². The van der Waals surface area contributed by atoms with Gasteiger partial charge >= 0.3 is 0 Å². The van der Waals surface area contributed by atoms with E-state index in [1.807, 2.05) is 36.4 Å². The molecule has 1 aromatic carbocycles. The van der Waals surface area contributed by atoms with Crippen molar-refractivity contribution in [3.63, 3.8) is 0 Å². The molecule has 4 N–H and O–H groups in total. The summed E-state index contributed by atoms with van der Waals surface area (Å²) in [5.41, 5.74) is 9.19. The van der Waals surface area contributed by atoms with Gasteiger partial charge in [0.2, 0.25) is 0 Å². The van der Waals surface area contributed by atoms with Crippen LogP contribution in [0.4, 0.5) is 11.5 Å². The monoisotopic (exact) mass is 431 g/mol. The van der Waals surface area contributed by atoms with Crippen LogP contribution in [0.2, 0.25) is 0 Å². The SMILES string of the molecule is Cc1nc(-c2cccc(NC(=O)c3cnc4ccc(N[C@H]5CC[C@H](N)CC5)nn34)c2)co1. The van der Waals surface area contributed by atoms with Crippen molar-refractivity contribution in [2.75, 3.05) is 10.6 Å². The molecule has 1 aliphatic rings. The van der Waals surface area contributed by atoms with Gasteiger partial charge in [-0.25, -0.2) is 14.5 Å². The number of anilines is 2. The molecule has 0 spiro atoms. The third-order valence-electron chi connectivity index (χ3n) is 5.75. The van der Waals surface area contributed by atoms with E-state index in [9.17, 15) is 4.79 Å². The number of carbonyl (C=O) groups is 1. The number of nitrogens with zero attached hydrogens (tertiary/aromatic N) is 4. The van der Waals surface area contributed by atoms with Crippen molar-refractivity contribution >= 4 is 23.1 Å². The third-order valence-corrected chi connectivity index (χ3v) is 5.75. The van der Waals surface area contributed by atoms with Crippen LogP contribution in [0.5, 0.6) is 0 Å². The van der Waals surface area contributed by atoms with Gasteiger partial charge in [-0.3, -0.25) is 4.79 Å². The van der Waals surface area contributed by atoms with Crippen molar-refractivity contribution in [1.82, 2.24) is 19.6 Å². The number of aromatic nitrogens is 4. The van der Waals surface area contributed by atoms with Gasteiger partial charge < -0.3 is 20.8 Å². The molecule has 1 amide bonds. The summed E-state index contributed by atoms with van der Waals surface area (Å²) in [4.78, 5) is 21.7. The molecule has 9 nitrogen and oxygen atoms in total. The van der Waals surface area contributed by atoms with Crippen molar-refractivity contribution in [1.29, 1.82) is 0 Å². The first kappa shape index (κ1) is 20.2. The fraction of sp³-hybridized carbons (Fsp3) is 0.304. The normalized spacial score (nSPS) is 18.6. The van der Waals surface area contributed by atoms with Crippen molar-refractivity contribution in [3.05, 3.63) is 60.4 Å². The first-order valence-electron chi connectivity index (χ1n) is 10.8. The standard InChI is InChI=1S/C23H25N7O2/c1-14-26-19(13-32-14)15-3-2-4-18(11-15)28-23(31)20-12-25-22-10-9-21(29-30(20)22)27-17-7-5-16(24)6-8-17/h2-4,9-13,16-17H,5-8,24H2,1H3,(H,27,29)(H,28,31)/t16-,17-. The minimum Gasteiger partial charge on any atom is -0.449 e. The lowest BCUT2D eigenvalue weighted by molar-refractivity contribution is 0.102. The van der Waals surface area contributed by atoms with E-state index in [1.54, 1.807) is 17.7 Å². The molecule has 0 aliphatic heterocycles. The van der Waals surface area contributed by atoms with Crippen LogP contribution >= 0.6 is 0 Å². The van der Waals surface area contributed by atoms with Crippen LogP contribution in [-0.4, -0.2) is 37.6 Å². The molecule has 4 aromatic rings. The largest absolute Gasteiger partial charge is 0.449 e. The molecule has 0 bridgehead atoms. The summed E-state index contributed by atoms with van der Waals surface area (Å²) in [6.45, 7) is 1.79. The number of imidazole rings is 1. The number of aryl methyl sites for hydroxylation is 1. The van der Waals surface area contributed by atoms with Crippen molar-refractivity contribution in [3.8, 4) is 11.3 Å². The van der Waals surface area contributed by atoms with E-state index in [2.05, 4.69) is 25.7 Å². The second kappa shape index (κ2) is 8.43. The van der Waals surface area contributed by atoms with Gasteiger partial charge in [0.25, 0.3) is 5.91 Å². The van der Waals surface area contributed by atoms with Crippen LogP contribution in [0.1, 0.15) is 42.1 Å². The van der Waals surface area contributed by atoms with Gasteiger partial charge in [0.05, 0.1) is 6.20 Å². The Morgan fingerprint density at radius 2 is 2.03 bits per heavy atom. The minimum absolute atomic E-state index is 0.291. The Morgan fingerprint density at radius 3 is 2.81 bits per heavy atom. The summed E-state index contributed by atoms with van der Waals surface area (Å²) < 4.78 is 6.85. The molecule has 1 fully saturated rings. The van der Waals surface area contributed by atoms with E-state index in [1.165, 1.54) is 6.20 Å². The zero-order chi connectivity index (χ0) is 22.1. The maximum Gasteiger partial charge on any atom is 0.276 e. The number of amides is 1. The predicted octanol–water partition coefficient (Wildman–Crippen LogP) is 3.63. The van der Waals surface area contributed by atoms with Gasteiger partial charge in [0, 0.05) is 30.3 Å². The number of hydrogen-bond donors (Lipinski definition) is 3. The highest BCUT2D eigenvalue weighted by molar-refractivity contribution is 6.03. The number of rotatable bonds is 5. The van der Waals surface area contributed by atoms with E-state index < -0.39 is 0 Å². The summed E-state index contributed by atoms with van der Waals surface area (Å²) in [5, 5.41) is 11.0. The fourth-order valence-corrected chi connectivity index (χ4v) is 4.03. The van der Waals surface area contributed by atoms with Crippen LogP contribution in [0.25, 0.3) is 16.9 Å². The Bertz CT molecular complexity index is 1250. The number of carbonyl (C=O) groups excluding carboxylic acids is 1. The second-order valence-corrected chi connectivity index (χ2v) is 8.17. The van der Waals surface area contributed by atoms with Crippen LogP contribution in [0.15, 0.2) is 53.3 Å². The van der Waals surface area contributed by atoms with Crippen LogP contribution < -0.4 is 16.4 Å². The van der Waals surface area contributed by atoms with Crippen molar-refractivity contribution in [2.45, 2.75) is 44.7 Å². The maximum absolute atomic E-state index is 13.0. The molecule has 1 saturated carbocycles. The first-order chi connectivity index (χ1) is 15.5. The van der Waals surface area contributed by atoms with E-state index in [4.69, 9.17) is 10.2 Å². The molecule has 0 unspecified atom stereocenters. The van der Waals surface area contributed by atoms with Crippen molar-refractivity contribution < 1.29 is 9.21 Å². The summed E-state index contributed by atoms with van der Waals surface area (Å²) in [6.07, 6.45) is 7.17. The average Bonchev–Trinajstić information content (AvgIpc) is 3.41. The number of nitrogens with one attached hydrogen (secondary N) is 2. The number of fused-ring (bicyclic) bond motifs is 1. The quantitative estimate of drug-likeness (QED) is 0.441. The minimum atomic E-state index is -0.292. The number of benzene rings is 1. The summed E-state index contributed by atoms with van der Waals surface area (Å²) in [5.74, 6) is 1.01. The Labute approximate surface area is 185 Å². The van der Waals surface area contributed by atoms with Gasteiger partial charge in [0.15, 0.2) is 17.2 Å². The second-order valence-electron chi connectivity index (χ2n) is 8.17. The highest BCUT2D eigenvalue weighted by Crippen LogP contribution is 2.23. The van der Waals surface area contributed by atoms with E-state index in [0.29, 0.717) is 40.8 Å². The Balaban J connectivity index is 1.34. The molecule has 3 aromatic heterocycles. The zero-order valence-corrected chi connectivity index (χ0v) is 17.8. The lowest BCUT2D eigenvalue weighted by Crippen LogP contribution is -2.33. The first-order valence-corrected chi connectivity index (χ1v) is 10.8.